The molecule has 0 saturated carbocycles. The first-order valence-corrected chi connectivity index (χ1v) is 7.47. The minimum Gasteiger partial charge on any atom is -0.386 e. The van der Waals surface area contributed by atoms with Gasteiger partial charge in [0.05, 0.1) is 41.3 Å². The van der Waals surface area contributed by atoms with Gasteiger partial charge in [0, 0.05) is 10.8 Å². The molecule has 1 aliphatic heterocycles. The van der Waals surface area contributed by atoms with E-state index in [9.17, 15) is 9.59 Å². The summed E-state index contributed by atoms with van der Waals surface area (Å²) >= 11 is 36.3. The molecular weight excluding hydrogens is 405 g/mol. The van der Waals surface area contributed by atoms with Crippen molar-refractivity contribution in [3.8, 4) is 0 Å². The Bertz CT molecular complexity index is 807. The van der Waals surface area contributed by atoms with Crippen LogP contribution in [0, 0.1) is 0 Å². The lowest BCUT2D eigenvalue weighted by Gasteiger charge is -2.21. The van der Waals surface area contributed by atoms with E-state index >= 15 is 0 Å². The normalized spacial score (nSPS) is 13.8. The Morgan fingerprint density at radius 3 is 1.29 bits per heavy atom. The third-order valence-corrected chi connectivity index (χ3v) is 5.65. The van der Waals surface area contributed by atoms with Crippen LogP contribution in [0.1, 0.15) is 20.7 Å². The van der Waals surface area contributed by atoms with Crippen LogP contribution >= 0.6 is 69.6 Å². The summed E-state index contributed by atoms with van der Waals surface area (Å²) in [6.45, 7) is 0. The molecule has 1 heterocycles. The van der Waals surface area contributed by atoms with Gasteiger partial charge in [0.2, 0.25) is 0 Å². The molecule has 0 bridgehead atoms. The highest BCUT2D eigenvalue weighted by Gasteiger charge is 2.36. The molecule has 0 atom stereocenters. The SMILES string of the molecule is O=C1OC(=O)c2c(Cl)c(Cl)c(Cl)c3c(Cl)c(Cl)c(Cl)c1c23. The molecule has 0 aromatic heterocycles. The van der Waals surface area contributed by atoms with Crippen LogP contribution in [0.4, 0.5) is 0 Å². The highest BCUT2D eigenvalue weighted by molar-refractivity contribution is 6.58. The van der Waals surface area contributed by atoms with Crippen LogP contribution < -0.4 is 0 Å². The summed E-state index contributed by atoms with van der Waals surface area (Å²) in [5, 5.41) is -0.367. The number of cyclic esters (lactones) is 2. The van der Waals surface area contributed by atoms with Gasteiger partial charge in [-0.15, -0.1) is 0 Å². The zero-order chi connectivity index (χ0) is 15.6. The fourth-order valence-electron chi connectivity index (χ4n) is 2.11. The summed E-state index contributed by atoms with van der Waals surface area (Å²) in [4.78, 5) is 23.9. The lowest BCUT2D eigenvalue weighted by atomic mass is 9.96. The summed E-state index contributed by atoms with van der Waals surface area (Å²) in [5.41, 5.74) is -0.257. The predicted octanol–water partition coefficient (Wildman–Crippen LogP) is 6.07. The number of rotatable bonds is 0. The van der Waals surface area contributed by atoms with Crippen LogP contribution in [-0.2, 0) is 4.74 Å². The second-order valence-corrected chi connectivity index (χ2v) is 6.33. The number of carbonyl (C=O) groups is 2. The van der Waals surface area contributed by atoms with Gasteiger partial charge in [0.25, 0.3) is 0 Å². The van der Waals surface area contributed by atoms with Crippen molar-refractivity contribution in [2.45, 2.75) is 0 Å². The third kappa shape index (κ3) is 1.96. The van der Waals surface area contributed by atoms with Crippen molar-refractivity contribution in [3.05, 3.63) is 41.3 Å². The second kappa shape index (κ2) is 5.05. The topological polar surface area (TPSA) is 43.4 Å². The largest absolute Gasteiger partial charge is 0.386 e. The molecule has 0 aliphatic carbocycles. The van der Waals surface area contributed by atoms with Crippen molar-refractivity contribution >= 4 is 92.3 Å². The Hall–Kier alpha value is -0.420. The van der Waals surface area contributed by atoms with Gasteiger partial charge >= 0.3 is 11.9 Å². The Morgan fingerprint density at radius 2 is 0.905 bits per heavy atom. The number of hydrogen-bond donors (Lipinski definition) is 0. The van der Waals surface area contributed by atoms with Crippen molar-refractivity contribution in [2.75, 3.05) is 0 Å². The minimum atomic E-state index is -0.962. The first-order chi connectivity index (χ1) is 9.77. The number of carbonyl (C=O) groups excluding carboxylic acids is 2. The lowest BCUT2D eigenvalue weighted by molar-refractivity contribution is 0.0391. The average Bonchev–Trinajstić information content (AvgIpc) is 2.41. The predicted molar refractivity (Wildman–Crippen MR) is 83.8 cm³/mol. The Balaban J connectivity index is 2.76. The van der Waals surface area contributed by atoms with E-state index in [2.05, 4.69) is 4.74 Å². The summed E-state index contributed by atoms with van der Waals surface area (Å²) in [6, 6.07) is 0. The zero-order valence-electron chi connectivity index (χ0n) is 9.49. The molecule has 21 heavy (non-hydrogen) atoms. The van der Waals surface area contributed by atoms with E-state index in [1.807, 2.05) is 0 Å². The van der Waals surface area contributed by atoms with E-state index in [0.717, 1.165) is 0 Å². The van der Waals surface area contributed by atoms with Crippen LogP contribution in [0.15, 0.2) is 0 Å². The zero-order valence-corrected chi connectivity index (χ0v) is 14.0. The van der Waals surface area contributed by atoms with Crippen LogP contribution in [-0.4, -0.2) is 11.9 Å². The Morgan fingerprint density at radius 1 is 0.524 bits per heavy atom. The molecule has 2 aromatic carbocycles. The molecule has 108 valence electrons. The average molecular weight is 405 g/mol. The van der Waals surface area contributed by atoms with Crippen LogP contribution in [0.5, 0.6) is 0 Å². The lowest BCUT2D eigenvalue weighted by Crippen LogP contribution is -2.21. The summed E-state index contributed by atoms with van der Waals surface area (Å²) in [6.07, 6.45) is 0. The molecule has 0 N–H and O–H groups in total. The van der Waals surface area contributed by atoms with Crippen molar-refractivity contribution in [1.82, 2.24) is 0 Å². The van der Waals surface area contributed by atoms with E-state index in [-0.39, 0.29) is 52.0 Å². The van der Waals surface area contributed by atoms with Gasteiger partial charge in [0.15, 0.2) is 0 Å². The van der Waals surface area contributed by atoms with E-state index in [1.165, 1.54) is 0 Å². The first kappa shape index (κ1) is 15.5. The Labute approximate surface area is 147 Å². The number of esters is 2. The molecule has 0 amide bonds. The summed E-state index contributed by atoms with van der Waals surface area (Å²) < 4.78 is 4.60. The van der Waals surface area contributed by atoms with E-state index in [0.29, 0.717) is 0 Å². The maximum absolute atomic E-state index is 11.9. The molecule has 0 spiro atoms. The van der Waals surface area contributed by atoms with Crippen LogP contribution in [0.2, 0.25) is 30.1 Å². The molecule has 0 fully saturated rings. The van der Waals surface area contributed by atoms with E-state index in [4.69, 9.17) is 69.6 Å². The van der Waals surface area contributed by atoms with Gasteiger partial charge < -0.3 is 4.74 Å². The standard InChI is InChI=1S/C12Cl6O3/c13-5-2-1-3(7(15)9(5)17)11(19)21-12(20)4(1)8(16)10(18)6(2)14. The van der Waals surface area contributed by atoms with Gasteiger partial charge in [-0.3, -0.25) is 0 Å². The van der Waals surface area contributed by atoms with Crippen LogP contribution in [0.3, 0.4) is 0 Å². The smallest absolute Gasteiger partial charge is 0.348 e. The van der Waals surface area contributed by atoms with E-state index < -0.39 is 11.9 Å². The van der Waals surface area contributed by atoms with Crippen molar-refractivity contribution in [1.29, 1.82) is 0 Å². The minimum absolute atomic E-state index is 0.0345. The fraction of sp³-hybridized carbons (Fsp3) is 0. The summed E-state index contributed by atoms with van der Waals surface area (Å²) in [5.74, 6) is -1.92. The van der Waals surface area contributed by atoms with Gasteiger partial charge in [-0.25, -0.2) is 9.59 Å². The van der Waals surface area contributed by atoms with Crippen LogP contribution in [0.25, 0.3) is 10.8 Å². The molecule has 0 unspecified atom stereocenters. The van der Waals surface area contributed by atoms with Gasteiger partial charge in [-0.2, -0.15) is 0 Å². The monoisotopic (exact) mass is 402 g/mol. The number of hydrogen-bond acceptors (Lipinski definition) is 3. The molecule has 0 radical (unpaired) electrons. The fourth-order valence-corrected chi connectivity index (χ4v) is 3.73. The molecule has 1 aliphatic rings. The van der Waals surface area contributed by atoms with Crippen molar-refractivity contribution in [3.63, 3.8) is 0 Å². The number of halogens is 6. The van der Waals surface area contributed by atoms with Gasteiger partial charge in [-0.05, 0) is 0 Å². The van der Waals surface area contributed by atoms with Gasteiger partial charge in [0.1, 0.15) is 0 Å². The van der Waals surface area contributed by atoms with Crippen molar-refractivity contribution < 1.29 is 14.3 Å². The molecule has 9 heteroatoms. The molecule has 3 rings (SSSR count). The highest BCUT2D eigenvalue weighted by Crippen LogP contribution is 2.50. The number of ether oxygens (including phenoxy) is 1. The Kier molecular flexibility index (Phi) is 3.72. The third-order valence-electron chi connectivity index (χ3n) is 2.99. The first-order valence-electron chi connectivity index (χ1n) is 5.20. The quantitative estimate of drug-likeness (QED) is 0.304. The second-order valence-electron chi connectivity index (χ2n) is 4.06. The maximum atomic E-state index is 11.9. The maximum Gasteiger partial charge on any atom is 0.348 e. The molecule has 3 nitrogen and oxygen atoms in total. The van der Waals surface area contributed by atoms with Crippen molar-refractivity contribution in [2.24, 2.45) is 0 Å². The highest BCUT2D eigenvalue weighted by atomic mass is 35.5. The summed E-state index contributed by atoms with van der Waals surface area (Å²) in [7, 11) is 0. The molecule has 0 saturated heterocycles. The number of benzene rings is 2. The molecular formula is C12Cl6O3. The van der Waals surface area contributed by atoms with Gasteiger partial charge in [-0.1, -0.05) is 69.6 Å². The molecule has 2 aromatic rings. The van der Waals surface area contributed by atoms with E-state index in [1.54, 1.807) is 0 Å².